The SMILES string of the molecule is COc1nc2c(C(N)=O)cccc2n1-c1nc(NCc2cccs2)c2c(n1)OCCCC2. The minimum absolute atomic E-state index is 0.256. The van der Waals surface area contributed by atoms with Crippen LogP contribution in [-0.4, -0.2) is 39.1 Å². The number of anilines is 1. The van der Waals surface area contributed by atoms with Crippen LogP contribution in [0, 0.1) is 0 Å². The Bertz CT molecular complexity index is 1280. The van der Waals surface area contributed by atoms with Crippen LogP contribution in [0.2, 0.25) is 0 Å². The van der Waals surface area contributed by atoms with Crippen molar-refractivity contribution in [2.24, 2.45) is 5.73 Å². The summed E-state index contributed by atoms with van der Waals surface area (Å²) in [5, 5.41) is 5.50. The predicted molar refractivity (Wildman–Crippen MR) is 122 cm³/mol. The van der Waals surface area contributed by atoms with E-state index >= 15 is 0 Å². The first-order valence-corrected chi connectivity index (χ1v) is 11.2. The Morgan fingerprint density at radius 2 is 2.16 bits per heavy atom. The summed E-state index contributed by atoms with van der Waals surface area (Å²) in [6.45, 7) is 1.25. The molecule has 3 N–H and O–H groups in total. The quantitative estimate of drug-likeness (QED) is 0.463. The van der Waals surface area contributed by atoms with Gasteiger partial charge in [0.2, 0.25) is 11.8 Å². The third kappa shape index (κ3) is 3.62. The van der Waals surface area contributed by atoms with Gasteiger partial charge >= 0.3 is 6.01 Å². The molecule has 1 aliphatic heterocycles. The molecule has 0 aliphatic carbocycles. The normalized spacial score (nSPS) is 13.3. The molecule has 0 saturated carbocycles. The number of primary amides is 1. The van der Waals surface area contributed by atoms with E-state index in [2.05, 4.69) is 16.4 Å². The van der Waals surface area contributed by atoms with Crippen molar-refractivity contribution in [3.8, 4) is 17.8 Å². The van der Waals surface area contributed by atoms with E-state index in [1.165, 1.54) is 12.0 Å². The number of carbonyl (C=O) groups is 1. The van der Waals surface area contributed by atoms with Gasteiger partial charge in [-0.3, -0.25) is 4.79 Å². The number of thiophene rings is 1. The maximum absolute atomic E-state index is 11.9. The summed E-state index contributed by atoms with van der Waals surface area (Å²) in [6, 6.07) is 9.56. The van der Waals surface area contributed by atoms with E-state index in [1.54, 1.807) is 28.0 Å². The number of benzene rings is 1. The van der Waals surface area contributed by atoms with Crippen molar-refractivity contribution in [2.45, 2.75) is 25.8 Å². The maximum atomic E-state index is 11.9. The minimum atomic E-state index is -0.563. The van der Waals surface area contributed by atoms with Crippen LogP contribution in [0.1, 0.15) is 33.6 Å². The molecule has 4 aromatic rings. The van der Waals surface area contributed by atoms with Crippen LogP contribution >= 0.6 is 11.3 Å². The molecule has 0 bridgehead atoms. The van der Waals surface area contributed by atoms with E-state index in [4.69, 9.17) is 25.2 Å². The first kappa shape index (κ1) is 20.3. The molecular weight excluding hydrogens is 428 g/mol. The number of imidazole rings is 1. The lowest BCUT2D eigenvalue weighted by Gasteiger charge is -2.15. The van der Waals surface area contributed by atoms with Crippen LogP contribution in [0.3, 0.4) is 0 Å². The fourth-order valence-electron chi connectivity index (χ4n) is 3.81. The third-order valence-electron chi connectivity index (χ3n) is 5.33. The average molecular weight is 451 g/mol. The molecule has 0 radical (unpaired) electrons. The van der Waals surface area contributed by atoms with Crippen LogP contribution in [0.5, 0.6) is 11.9 Å². The number of para-hydroxylation sites is 1. The lowest BCUT2D eigenvalue weighted by molar-refractivity contribution is 0.100. The summed E-state index contributed by atoms with van der Waals surface area (Å²) >= 11 is 1.68. The highest BCUT2D eigenvalue weighted by atomic mass is 32.1. The molecule has 1 aliphatic rings. The lowest BCUT2D eigenvalue weighted by atomic mass is 10.1. The average Bonchev–Trinajstić information content (AvgIpc) is 3.38. The van der Waals surface area contributed by atoms with Crippen molar-refractivity contribution in [1.82, 2.24) is 19.5 Å². The molecule has 9 nitrogen and oxygen atoms in total. The van der Waals surface area contributed by atoms with Gasteiger partial charge in [0, 0.05) is 4.88 Å². The number of fused-ring (bicyclic) bond motifs is 2. The smallest absolute Gasteiger partial charge is 0.304 e. The predicted octanol–water partition coefficient (Wildman–Crippen LogP) is 3.31. The fourth-order valence-corrected chi connectivity index (χ4v) is 4.45. The number of rotatable bonds is 6. The van der Waals surface area contributed by atoms with Crippen LogP contribution in [0.25, 0.3) is 17.0 Å². The first-order valence-electron chi connectivity index (χ1n) is 10.3. The number of aromatic nitrogens is 4. The summed E-state index contributed by atoms with van der Waals surface area (Å²) in [4.78, 5) is 27.1. The summed E-state index contributed by atoms with van der Waals surface area (Å²) < 4.78 is 13.2. The standard InChI is InChI=1S/C22H22N6O3S/c1-30-22-25-17-14(18(23)29)8-4-9-16(17)28(22)21-26-19(24-12-13-6-5-11-32-13)15-7-2-3-10-31-20(15)27-21/h4-6,8-9,11H,2-3,7,10,12H2,1H3,(H2,23,29)(H,24,26,27). The number of amides is 1. The van der Waals surface area contributed by atoms with Gasteiger partial charge in [0.1, 0.15) is 11.3 Å². The molecule has 1 amide bonds. The van der Waals surface area contributed by atoms with Crippen LogP contribution in [-0.2, 0) is 13.0 Å². The van der Waals surface area contributed by atoms with Gasteiger partial charge in [0.25, 0.3) is 5.91 Å². The summed E-state index contributed by atoms with van der Waals surface area (Å²) in [6.07, 6.45) is 2.79. The van der Waals surface area contributed by atoms with Gasteiger partial charge in [-0.1, -0.05) is 12.1 Å². The monoisotopic (exact) mass is 450 g/mol. The van der Waals surface area contributed by atoms with E-state index in [9.17, 15) is 4.79 Å². The molecule has 1 aromatic carbocycles. The number of nitrogens with one attached hydrogen (secondary N) is 1. The molecule has 0 fully saturated rings. The van der Waals surface area contributed by atoms with Crippen molar-refractivity contribution in [2.75, 3.05) is 19.0 Å². The number of ether oxygens (including phenoxy) is 2. The van der Waals surface area contributed by atoms with Gasteiger partial charge in [-0.05, 0) is 42.8 Å². The molecule has 4 heterocycles. The molecule has 0 spiro atoms. The van der Waals surface area contributed by atoms with Crippen LogP contribution in [0.15, 0.2) is 35.7 Å². The zero-order valence-electron chi connectivity index (χ0n) is 17.5. The van der Waals surface area contributed by atoms with Gasteiger partial charge in [-0.25, -0.2) is 4.57 Å². The summed E-state index contributed by atoms with van der Waals surface area (Å²) in [7, 11) is 1.51. The molecule has 0 saturated heterocycles. The second-order valence-corrected chi connectivity index (χ2v) is 8.40. The number of methoxy groups -OCH3 is 1. The highest BCUT2D eigenvalue weighted by Crippen LogP contribution is 2.33. The number of hydrogen-bond donors (Lipinski definition) is 2. The second kappa shape index (κ2) is 8.46. The minimum Gasteiger partial charge on any atom is -0.477 e. The van der Waals surface area contributed by atoms with Crippen molar-refractivity contribution in [3.63, 3.8) is 0 Å². The zero-order chi connectivity index (χ0) is 22.1. The van der Waals surface area contributed by atoms with Crippen LogP contribution in [0.4, 0.5) is 5.82 Å². The lowest BCUT2D eigenvalue weighted by Crippen LogP contribution is -2.12. The van der Waals surface area contributed by atoms with Crippen molar-refractivity contribution in [1.29, 1.82) is 0 Å². The van der Waals surface area contributed by atoms with E-state index in [0.29, 0.717) is 41.6 Å². The Hall–Kier alpha value is -3.66. The zero-order valence-corrected chi connectivity index (χ0v) is 18.3. The second-order valence-electron chi connectivity index (χ2n) is 7.37. The number of hydrogen-bond acceptors (Lipinski definition) is 8. The molecule has 5 rings (SSSR count). The first-order chi connectivity index (χ1) is 15.7. The van der Waals surface area contributed by atoms with Crippen molar-refractivity contribution in [3.05, 3.63) is 51.7 Å². The van der Waals surface area contributed by atoms with Gasteiger partial charge in [-0.15, -0.1) is 11.3 Å². The van der Waals surface area contributed by atoms with Gasteiger partial charge in [-0.2, -0.15) is 15.0 Å². The molecule has 3 aromatic heterocycles. The number of carbonyl (C=O) groups excluding carboxylic acids is 1. The van der Waals surface area contributed by atoms with Crippen molar-refractivity contribution < 1.29 is 14.3 Å². The molecule has 10 heteroatoms. The third-order valence-corrected chi connectivity index (χ3v) is 6.21. The Morgan fingerprint density at radius 1 is 1.25 bits per heavy atom. The fraction of sp³-hybridized carbons (Fsp3) is 0.273. The largest absolute Gasteiger partial charge is 0.477 e. The summed E-state index contributed by atoms with van der Waals surface area (Å²) in [5.41, 5.74) is 7.87. The van der Waals surface area contributed by atoms with Crippen molar-refractivity contribution >= 4 is 34.1 Å². The molecule has 0 atom stereocenters. The maximum Gasteiger partial charge on any atom is 0.304 e. The Labute approximate surface area is 188 Å². The molecule has 0 unspecified atom stereocenters. The van der Waals surface area contributed by atoms with E-state index in [1.807, 2.05) is 17.5 Å². The summed E-state index contributed by atoms with van der Waals surface area (Å²) in [5.74, 6) is 1.05. The van der Waals surface area contributed by atoms with E-state index in [-0.39, 0.29) is 6.01 Å². The Morgan fingerprint density at radius 3 is 2.94 bits per heavy atom. The van der Waals surface area contributed by atoms with Gasteiger partial charge < -0.3 is 20.5 Å². The van der Waals surface area contributed by atoms with E-state index < -0.39 is 5.91 Å². The number of nitrogens with zero attached hydrogens (tertiary/aromatic N) is 4. The van der Waals surface area contributed by atoms with Crippen LogP contribution < -0.4 is 20.5 Å². The Balaban J connectivity index is 1.67. The topological polar surface area (TPSA) is 117 Å². The molecular formula is C22H22N6O3S. The highest BCUT2D eigenvalue weighted by molar-refractivity contribution is 7.09. The highest BCUT2D eigenvalue weighted by Gasteiger charge is 2.24. The van der Waals surface area contributed by atoms with Gasteiger partial charge in [0.15, 0.2) is 0 Å². The van der Waals surface area contributed by atoms with Gasteiger partial charge in [0.05, 0.1) is 36.9 Å². The Kier molecular flexibility index (Phi) is 5.36. The molecule has 164 valence electrons. The van der Waals surface area contributed by atoms with E-state index in [0.717, 1.165) is 30.6 Å². The molecule has 32 heavy (non-hydrogen) atoms. The number of nitrogens with two attached hydrogens (primary N) is 1.